The van der Waals surface area contributed by atoms with Gasteiger partial charge in [0.05, 0.1) is 5.97 Å². The highest BCUT2D eigenvalue weighted by molar-refractivity contribution is 9.10. The lowest BCUT2D eigenvalue weighted by Crippen LogP contribution is -2.52. The number of carbonyl (C=O) groups excluding carboxylic acids is 2. The lowest BCUT2D eigenvalue weighted by atomic mass is 10.0. The molecule has 1 aromatic rings. The van der Waals surface area contributed by atoms with Crippen LogP contribution in [0.25, 0.3) is 0 Å². The molecule has 0 bridgehead atoms. The molecule has 2 atom stereocenters. The van der Waals surface area contributed by atoms with Crippen LogP contribution in [0.15, 0.2) is 28.7 Å². The molecule has 0 radical (unpaired) electrons. The Balaban J connectivity index is 2.84. The highest BCUT2D eigenvalue weighted by Crippen LogP contribution is 2.20. The molecular formula is C14H17BrNO5-. The Hall–Kier alpha value is -1.60. The highest BCUT2D eigenvalue weighted by atomic mass is 79.9. The molecule has 21 heavy (non-hydrogen) atoms. The number of ether oxygens (including phenoxy) is 1. The quantitative estimate of drug-likeness (QED) is 0.840. The van der Waals surface area contributed by atoms with Crippen molar-refractivity contribution < 1.29 is 24.5 Å². The first-order chi connectivity index (χ1) is 9.60. The number of hydrogen-bond acceptors (Lipinski definition) is 5. The molecule has 0 fully saturated rings. The first-order valence-electron chi connectivity index (χ1n) is 6.24. The van der Waals surface area contributed by atoms with E-state index in [2.05, 4.69) is 21.2 Å². The number of carboxylic acid groups (broad SMARTS) is 1. The number of aliphatic hydroxyl groups excluding tert-OH is 1. The largest absolute Gasteiger partial charge is 0.548 e. The number of nitrogens with one attached hydrogen (secondary N) is 1. The summed E-state index contributed by atoms with van der Waals surface area (Å²) in [6.45, 7) is 4.93. The van der Waals surface area contributed by atoms with Crippen LogP contribution in [0.4, 0.5) is 4.79 Å². The van der Waals surface area contributed by atoms with E-state index in [1.807, 2.05) is 0 Å². The van der Waals surface area contributed by atoms with Crippen molar-refractivity contribution in [3.63, 3.8) is 0 Å². The molecule has 0 saturated carbocycles. The third-order valence-corrected chi connectivity index (χ3v) is 2.98. The van der Waals surface area contributed by atoms with E-state index in [9.17, 15) is 19.8 Å². The topological polar surface area (TPSA) is 98.7 Å². The Labute approximate surface area is 131 Å². The third kappa shape index (κ3) is 5.73. The predicted molar refractivity (Wildman–Crippen MR) is 77.3 cm³/mol. The number of hydrogen-bond donors (Lipinski definition) is 2. The molecular weight excluding hydrogens is 342 g/mol. The standard InChI is InChI=1S/C14H18BrNO5/c1-14(2,3)21-13(20)16-10(12(18)19)11(17)8-4-6-9(15)7-5-8/h4-7,10-11,17H,1-3H3,(H,16,20)(H,18,19)/p-1/t10-,11-/m1/s1. The van der Waals surface area contributed by atoms with Gasteiger partial charge in [-0.25, -0.2) is 4.79 Å². The lowest BCUT2D eigenvalue weighted by Gasteiger charge is -2.27. The molecule has 0 saturated heterocycles. The van der Waals surface area contributed by atoms with Gasteiger partial charge in [0.15, 0.2) is 0 Å². The minimum atomic E-state index is -1.61. The van der Waals surface area contributed by atoms with Crippen LogP contribution in [0.5, 0.6) is 0 Å². The summed E-state index contributed by atoms with van der Waals surface area (Å²) in [5.74, 6) is -1.60. The Kier molecular flexibility index (Phi) is 5.74. The summed E-state index contributed by atoms with van der Waals surface area (Å²) in [5.41, 5.74) is -0.438. The van der Waals surface area contributed by atoms with Gasteiger partial charge in [0.25, 0.3) is 0 Å². The van der Waals surface area contributed by atoms with Gasteiger partial charge < -0.3 is 25.1 Å². The van der Waals surface area contributed by atoms with Crippen LogP contribution in [-0.2, 0) is 9.53 Å². The lowest BCUT2D eigenvalue weighted by molar-refractivity contribution is -0.310. The smallest absolute Gasteiger partial charge is 0.408 e. The molecule has 1 amide bonds. The van der Waals surface area contributed by atoms with E-state index in [1.54, 1.807) is 45.0 Å². The fourth-order valence-corrected chi connectivity index (χ4v) is 1.82. The van der Waals surface area contributed by atoms with Crippen LogP contribution in [0.1, 0.15) is 32.4 Å². The maximum atomic E-state index is 11.6. The number of rotatable bonds is 4. The molecule has 1 aromatic carbocycles. The van der Waals surface area contributed by atoms with E-state index in [4.69, 9.17) is 4.74 Å². The van der Waals surface area contributed by atoms with Crippen molar-refractivity contribution in [1.29, 1.82) is 0 Å². The molecule has 6 nitrogen and oxygen atoms in total. The number of benzene rings is 1. The number of alkyl carbamates (subject to hydrolysis) is 1. The second-order valence-corrected chi connectivity index (χ2v) is 6.36. The number of amides is 1. The van der Waals surface area contributed by atoms with Crippen LogP contribution >= 0.6 is 15.9 Å². The molecule has 1 rings (SSSR count). The number of aliphatic hydroxyl groups is 1. The fourth-order valence-electron chi connectivity index (χ4n) is 1.55. The number of aliphatic carboxylic acids is 1. The summed E-state index contributed by atoms with van der Waals surface area (Å²) < 4.78 is 5.74. The van der Waals surface area contributed by atoms with Gasteiger partial charge in [0.2, 0.25) is 0 Å². The maximum absolute atomic E-state index is 11.6. The summed E-state index contributed by atoms with van der Waals surface area (Å²) in [6, 6.07) is 4.78. The second-order valence-electron chi connectivity index (χ2n) is 5.44. The zero-order valence-electron chi connectivity index (χ0n) is 11.9. The van der Waals surface area contributed by atoms with E-state index in [1.165, 1.54) is 0 Å². The normalized spacial score (nSPS) is 14.1. The van der Waals surface area contributed by atoms with Crippen molar-refractivity contribution in [1.82, 2.24) is 5.32 Å². The molecule has 0 aliphatic carbocycles. The molecule has 0 spiro atoms. The summed E-state index contributed by atoms with van der Waals surface area (Å²) in [7, 11) is 0. The molecule has 0 aliphatic rings. The van der Waals surface area contributed by atoms with Crippen molar-refractivity contribution in [2.24, 2.45) is 0 Å². The van der Waals surface area contributed by atoms with Crippen LogP contribution in [0, 0.1) is 0 Å². The van der Waals surface area contributed by atoms with Gasteiger partial charge >= 0.3 is 6.09 Å². The van der Waals surface area contributed by atoms with E-state index in [-0.39, 0.29) is 0 Å². The SMILES string of the molecule is CC(C)(C)OC(=O)N[C@@H](C(=O)[O-])[C@H](O)c1ccc(Br)cc1. The molecule has 7 heteroatoms. The predicted octanol–water partition coefficient (Wildman–Crippen LogP) is 1.13. The van der Waals surface area contributed by atoms with Crippen LogP contribution in [0.2, 0.25) is 0 Å². The van der Waals surface area contributed by atoms with E-state index in [0.29, 0.717) is 5.56 Å². The molecule has 2 N–H and O–H groups in total. The van der Waals surface area contributed by atoms with Gasteiger partial charge in [0, 0.05) is 4.47 Å². The van der Waals surface area contributed by atoms with Crippen molar-refractivity contribution in [3.05, 3.63) is 34.3 Å². The summed E-state index contributed by atoms with van der Waals surface area (Å²) in [4.78, 5) is 22.8. The first kappa shape index (κ1) is 17.5. The van der Waals surface area contributed by atoms with Gasteiger partial charge in [-0.05, 0) is 38.5 Å². The van der Waals surface area contributed by atoms with E-state index < -0.39 is 29.8 Å². The van der Waals surface area contributed by atoms with E-state index in [0.717, 1.165) is 4.47 Å². The fraction of sp³-hybridized carbons (Fsp3) is 0.429. The van der Waals surface area contributed by atoms with Crippen molar-refractivity contribution in [2.45, 2.75) is 38.5 Å². The zero-order chi connectivity index (χ0) is 16.2. The first-order valence-corrected chi connectivity index (χ1v) is 7.03. The monoisotopic (exact) mass is 358 g/mol. The number of carbonyl (C=O) groups is 2. The minimum Gasteiger partial charge on any atom is -0.548 e. The minimum absolute atomic E-state index is 0.337. The number of carboxylic acids is 1. The molecule has 0 unspecified atom stereocenters. The van der Waals surface area contributed by atoms with Crippen molar-refractivity contribution >= 4 is 28.0 Å². The average Bonchev–Trinajstić information content (AvgIpc) is 2.33. The average molecular weight is 359 g/mol. The summed E-state index contributed by atoms with van der Waals surface area (Å²) >= 11 is 3.23. The third-order valence-electron chi connectivity index (χ3n) is 2.45. The Bertz CT molecular complexity index is 509. The van der Waals surface area contributed by atoms with Crippen LogP contribution < -0.4 is 10.4 Å². The van der Waals surface area contributed by atoms with Crippen LogP contribution in [0.3, 0.4) is 0 Å². The summed E-state index contributed by atoms with van der Waals surface area (Å²) in [6.07, 6.45) is -2.39. The van der Waals surface area contributed by atoms with Gasteiger partial charge in [-0.15, -0.1) is 0 Å². The van der Waals surface area contributed by atoms with Gasteiger partial charge in [-0.3, -0.25) is 0 Å². The second kappa shape index (κ2) is 6.91. The van der Waals surface area contributed by atoms with Gasteiger partial charge in [-0.2, -0.15) is 0 Å². The molecule has 0 aliphatic heterocycles. The Morgan fingerprint density at radius 1 is 1.29 bits per heavy atom. The van der Waals surface area contributed by atoms with E-state index >= 15 is 0 Å². The van der Waals surface area contributed by atoms with Crippen molar-refractivity contribution in [3.8, 4) is 0 Å². The van der Waals surface area contributed by atoms with Gasteiger partial charge in [0.1, 0.15) is 17.7 Å². The maximum Gasteiger partial charge on any atom is 0.408 e. The molecule has 116 valence electrons. The highest BCUT2D eigenvalue weighted by Gasteiger charge is 2.26. The van der Waals surface area contributed by atoms with Crippen molar-refractivity contribution in [2.75, 3.05) is 0 Å². The summed E-state index contributed by atoms with van der Waals surface area (Å²) in [5, 5.41) is 23.3. The van der Waals surface area contributed by atoms with Crippen LogP contribution in [-0.4, -0.2) is 28.8 Å². The Morgan fingerprint density at radius 2 is 1.81 bits per heavy atom. The Morgan fingerprint density at radius 3 is 2.24 bits per heavy atom. The van der Waals surface area contributed by atoms with Gasteiger partial charge in [-0.1, -0.05) is 28.1 Å². The molecule has 0 heterocycles. The zero-order valence-corrected chi connectivity index (χ0v) is 13.5. The molecule has 0 aromatic heterocycles. The number of halogens is 1.